The maximum Gasteiger partial charge on any atom is 0.220 e. The summed E-state index contributed by atoms with van der Waals surface area (Å²) >= 11 is 6.22. The summed E-state index contributed by atoms with van der Waals surface area (Å²) in [5.74, 6) is 0.324. The number of benzene rings is 1. The molecule has 0 amide bonds. The lowest BCUT2D eigenvalue weighted by Crippen LogP contribution is -2.38. The molecule has 194 valence electrons. The Morgan fingerprint density at radius 3 is 2.31 bits per heavy atom. The van der Waals surface area contributed by atoms with Gasteiger partial charge in [-0.2, -0.15) is 0 Å². The Balaban J connectivity index is 0.000000551. The van der Waals surface area contributed by atoms with Crippen molar-refractivity contribution in [2.45, 2.75) is 85.2 Å². The number of imidazole rings is 1. The van der Waals surface area contributed by atoms with Crippen LogP contribution in [0.5, 0.6) is 0 Å². The van der Waals surface area contributed by atoms with E-state index >= 15 is 0 Å². The van der Waals surface area contributed by atoms with Gasteiger partial charge in [0.25, 0.3) is 0 Å². The Labute approximate surface area is 214 Å². The summed E-state index contributed by atoms with van der Waals surface area (Å²) < 4.78 is 17.0. The molecule has 4 N–H and O–H groups in total. The fraction of sp³-hybridized carbons (Fsp3) is 0.577. The third-order valence-corrected chi connectivity index (χ3v) is 6.05. The lowest BCUT2D eigenvalue weighted by Gasteiger charge is -2.24. The van der Waals surface area contributed by atoms with Gasteiger partial charge in [0.15, 0.2) is 5.82 Å². The molecule has 0 bridgehead atoms. The third-order valence-electron chi connectivity index (χ3n) is 5.78. The van der Waals surface area contributed by atoms with E-state index in [1.165, 1.54) is 31.5 Å². The van der Waals surface area contributed by atoms with E-state index in [-0.39, 0.29) is 17.5 Å². The zero-order valence-electron chi connectivity index (χ0n) is 22.2. The zero-order chi connectivity index (χ0) is 26.3. The van der Waals surface area contributed by atoms with Crippen LogP contribution in [0.3, 0.4) is 0 Å². The summed E-state index contributed by atoms with van der Waals surface area (Å²) in [6.45, 7) is 13.2. The predicted octanol–water partition coefficient (Wildman–Crippen LogP) is 6.60. The van der Waals surface area contributed by atoms with E-state index in [2.05, 4.69) is 28.8 Å². The summed E-state index contributed by atoms with van der Waals surface area (Å²) in [4.78, 5) is 14.6. The average Bonchev–Trinajstić information content (AvgIpc) is 3.40. The van der Waals surface area contributed by atoms with Crippen LogP contribution in [0.25, 0.3) is 22.3 Å². The SMILES string of the molecule is CC.CC(C)n1c(N(C)CC2(N)CC2)nc2c(F)cc(-c3nc(N)ncc3Cl)cc21.CCCCC. The minimum atomic E-state index is -0.441. The number of nitrogens with two attached hydrogens (primary N) is 2. The number of fused-ring (bicyclic) bond motifs is 1. The van der Waals surface area contributed by atoms with Crippen LogP contribution in [0.1, 0.15) is 79.7 Å². The molecule has 1 aromatic carbocycles. The molecule has 0 radical (unpaired) electrons. The Morgan fingerprint density at radius 2 is 1.80 bits per heavy atom. The fourth-order valence-corrected chi connectivity index (χ4v) is 4.05. The number of halogens is 2. The first-order chi connectivity index (χ1) is 16.6. The van der Waals surface area contributed by atoms with Crippen molar-refractivity contribution >= 4 is 34.5 Å². The Morgan fingerprint density at radius 1 is 1.17 bits per heavy atom. The van der Waals surface area contributed by atoms with Crippen molar-refractivity contribution < 1.29 is 4.39 Å². The minimum absolute atomic E-state index is 0.0657. The Kier molecular flexibility index (Phi) is 10.3. The Bertz CT molecular complexity index is 1110. The second-order valence-electron chi connectivity index (χ2n) is 9.20. The predicted molar refractivity (Wildman–Crippen MR) is 146 cm³/mol. The maximum atomic E-state index is 15.0. The van der Waals surface area contributed by atoms with E-state index in [1.807, 2.05) is 50.3 Å². The number of anilines is 2. The third kappa shape index (κ3) is 7.04. The molecule has 0 saturated heterocycles. The molecular weight excluding hydrogens is 465 g/mol. The highest BCUT2D eigenvalue weighted by atomic mass is 35.5. The van der Waals surface area contributed by atoms with Crippen LogP contribution < -0.4 is 16.4 Å². The van der Waals surface area contributed by atoms with Crippen LogP contribution in [0.2, 0.25) is 5.02 Å². The van der Waals surface area contributed by atoms with Crippen LogP contribution in [-0.4, -0.2) is 38.7 Å². The molecule has 1 aliphatic carbocycles. The highest BCUT2D eigenvalue weighted by molar-refractivity contribution is 6.33. The lowest BCUT2D eigenvalue weighted by molar-refractivity contribution is 0.588. The molecule has 2 heterocycles. The number of aromatic nitrogens is 4. The van der Waals surface area contributed by atoms with Crippen molar-refractivity contribution in [1.29, 1.82) is 0 Å². The molecule has 0 spiro atoms. The van der Waals surface area contributed by atoms with Crippen molar-refractivity contribution in [3.8, 4) is 11.3 Å². The number of likely N-dealkylation sites (N-methyl/N-ethyl adjacent to an activating group) is 1. The van der Waals surface area contributed by atoms with Crippen molar-refractivity contribution in [3.05, 3.63) is 29.2 Å². The number of rotatable bonds is 7. The van der Waals surface area contributed by atoms with Crippen molar-refractivity contribution in [2.24, 2.45) is 5.73 Å². The molecule has 0 aliphatic heterocycles. The molecule has 9 heteroatoms. The molecule has 2 aromatic heterocycles. The second kappa shape index (κ2) is 12.5. The van der Waals surface area contributed by atoms with Gasteiger partial charge in [0.05, 0.1) is 22.4 Å². The van der Waals surface area contributed by atoms with Gasteiger partial charge in [0.1, 0.15) is 5.52 Å². The van der Waals surface area contributed by atoms with Crippen molar-refractivity contribution in [1.82, 2.24) is 19.5 Å². The molecule has 7 nitrogen and oxygen atoms in total. The number of nitrogens with zero attached hydrogens (tertiary/aromatic N) is 5. The van der Waals surface area contributed by atoms with Gasteiger partial charge in [0, 0.05) is 30.7 Å². The van der Waals surface area contributed by atoms with E-state index in [0.29, 0.717) is 39.8 Å². The second-order valence-corrected chi connectivity index (χ2v) is 9.61. The fourth-order valence-electron chi connectivity index (χ4n) is 3.85. The van der Waals surface area contributed by atoms with Crippen LogP contribution >= 0.6 is 11.6 Å². The lowest BCUT2D eigenvalue weighted by atomic mass is 10.1. The number of nitrogen functional groups attached to an aromatic ring is 1. The molecule has 1 aliphatic rings. The maximum absolute atomic E-state index is 15.0. The minimum Gasteiger partial charge on any atom is -0.368 e. The van der Waals surface area contributed by atoms with Gasteiger partial charge in [-0.3, -0.25) is 0 Å². The summed E-state index contributed by atoms with van der Waals surface area (Å²) in [6, 6.07) is 3.28. The number of unbranched alkanes of at least 4 members (excludes halogenated alkanes) is 2. The van der Waals surface area contributed by atoms with Gasteiger partial charge in [-0.05, 0) is 38.8 Å². The summed E-state index contributed by atoms with van der Waals surface area (Å²) in [5, 5.41) is 0.305. The van der Waals surface area contributed by atoms with E-state index in [4.69, 9.17) is 23.1 Å². The molecule has 35 heavy (non-hydrogen) atoms. The number of hydrogen-bond acceptors (Lipinski definition) is 6. The highest BCUT2D eigenvalue weighted by Gasteiger charge is 2.40. The topological polar surface area (TPSA) is 98.9 Å². The van der Waals surface area contributed by atoms with E-state index in [0.717, 1.165) is 12.8 Å². The molecule has 3 aromatic rings. The molecule has 0 atom stereocenters. The Hall–Kier alpha value is -2.45. The normalized spacial score (nSPS) is 13.7. The van der Waals surface area contributed by atoms with Gasteiger partial charge < -0.3 is 20.9 Å². The van der Waals surface area contributed by atoms with Crippen molar-refractivity contribution in [2.75, 3.05) is 24.2 Å². The molecule has 4 rings (SSSR count). The quantitative estimate of drug-likeness (QED) is 0.375. The van der Waals surface area contributed by atoms with E-state index in [9.17, 15) is 4.39 Å². The van der Waals surface area contributed by atoms with Gasteiger partial charge in [0.2, 0.25) is 11.9 Å². The smallest absolute Gasteiger partial charge is 0.220 e. The van der Waals surface area contributed by atoms with Gasteiger partial charge in [-0.25, -0.2) is 19.3 Å². The molecule has 0 unspecified atom stereocenters. The van der Waals surface area contributed by atoms with Crippen molar-refractivity contribution in [3.63, 3.8) is 0 Å². The van der Waals surface area contributed by atoms with E-state index in [1.54, 1.807) is 0 Å². The summed E-state index contributed by atoms with van der Waals surface area (Å²) in [5.41, 5.74) is 13.7. The van der Waals surface area contributed by atoms with Crippen LogP contribution in [0, 0.1) is 5.82 Å². The first kappa shape index (κ1) is 28.8. The molecular formula is C26H41ClFN7. The van der Waals surface area contributed by atoms with Gasteiger partial charge in [-0.1, -0.05) is 58.6 Å². The molecule has 1 fully saturated rings. The zero-order valence-corrected chi connectivity index (χ0v) is 23.0. The summed E-state index contributed by atoms with van der Waals surface area (Å²) in [7, 11) is 1.94. The highest BCUT2D eigenvalue weighted by Crippen LogP contribution is 2.37. The molecule has 1 saturated carbocycles. The largest absolute Gasteiger partial charge is 0.368 e. The summed E-state index contributed by atoms with van der Waals surface area (Å²) in [6.07, 6.45) is 7.47. The standard InChI is InChI=1S/C19H23ClFN7.C5H12.C2H6/c1-10(2)28-14-7-11(15-12(20)8-24-17(22)25-15)6-13(21)16(14)26-18(28)27(3)9-19(23)4-5-19;1-3-5-4-2;1-2/h6-8,10H,4-5,9,23H2,1-3H3,(H2,22,24,25);3-5H2,1-2H3;1-2H3. The van der Waals surface area contributed by atoms with Gasteiger partial charge >= 0.3 is 0 Å². The monoisotopic (exact) mass is 505 g/mol. The number of hydrogen-bond donors (Lipinski definition) is 2. The first-order valence-corrected chi connectivity index (χ1v) is 13.0. The van der Waals surface area contributed by atoms with E-state index < -0.39 is 5.82 Å². The van der Waals surface area contributed by atoms with Crippen LogP contribution in [0.15, 0.2) is 18.3 Å². The first-order valence-electron chi connectivity index (χ1n) is 12.6. The van der Waals surface area contributed by atoms with Crippen LogP contribution in [0.4, 0.5) is 16.3 Å². The van der Waals surface area contributed by atoms with Gasteiger partial charge in [-0.15, -0.1) is 0 Å². The van der Waals surface area contributed by atoms with Crippen LogP contribution in [-0.2, 0) is 0 Å². The average molecular weight is 506 g/mol.